The van der Waals surface area contributed by atoms with Gasteiger partial charge in [0.15, 0.2) is 0 Å². The number of nitrogens with zero attached hydrogens (tertiary/aromatic N) is 1. The Kier molecular flexibility index (Phi) is 9.56. The van der Waals surface area contributed by atoms with Crippen molar-refractivity contribution >= 4 is 11.4 Å². The average molecular weight is 394 g/mol. The summed E-state index contributed by atoms with van der Waals surface area (Å²) in [5.41, 5.74) is 2.82. The monoisotopic (exact) mass is 394 g/mol. The van der Waals surface area contributed by atoms with Crippen LogP contribution >= 0.6 is 0 Å². The lowest BCUT2D eigenvalue weighted by atomic mass is 9.98. The molecular formula is C22H29F3N2O. The van der Waals surface area contributed by atoms with E-state index in [0.717, 1.165) is 29.3 Å². The van der Waals surface area contributed by atoms with Gasteiger partial charge < -0.3 is 10.2 Å². The average Bonchev–Trinajstić information content (AvgIpc) is 2.64. The molecule has 154 valence electrons. The van der Waals surface area contributed by atoms with Crippen LogP contribution in [0, 0.1) is 12.8 Å². The summed E-state index contributed by atoms with van der Waals surface area (Å²) in [5, 5.41) is 7.28. The second-order valence-corrected chi connectivity index (χ2v) is 6.46. The van der Waals surface area contributed by atoms with Crippen molar-refractivity contribution in [2.45, 2.75) is 46.4 Å². The molecule has 3 nitrogen and oxygen atoms in total. The van der Waals surface area contributed by atoms with E-state index in [4.69, 9.17) is 4.84 Å². The van der Waals surface area contributed by atoms with Crippen LogP contribution in [-0.2, 0) is 11.4 Å². The summed E-state index contributed by atoms with van der Waals surface area (Å²) in [5.74, 6) is -0.508. The zero-order valence-corrected chi connectivity index (χ0v) is 16.9. The van der Waals surface area contributed by atoms with Crippen molar-refractivity contribution in [1.82, 2.24) is 0 Å². The Hall–Kier alpha value is -2.50. The summed E-state index contributed by atoms with van der Waals surface area (Å²) >= 11 is 0. The Labute approximate surface area is 165 Å². The minimum Gasteiger partial charge on any atom is -0.391 e. The summed E-state index contributed by atoms with van der Waals surface area (Å²) in [6, 6.07) is 5.86. The fraction of sp³-hybridized carbons (Fsp3) is 0.409. The van der Waals surface area contributed by atoms with Crippen LogP contribution in [0.1, 0.15) is 37.8 Å². The second kappa shape index (κ2) is 11.4. The van der Waals surface area contributed by atoms with Gasteiger partial charge in [-0.15, -0.1) is 0 Å². The number of benzene rings is 1. The highest BCUT2D eigenvalue weighted by atomic mass is 19.4. The lowest BCUT2D eigenvalue weighted by molar-refractivity contribution is -0.0885. The number of allylic oxidation sites excluding steroid dienone is 5. The number of halogens is 3. The zero-order chi connectivity index (χ0) is 21.2. The van der Waals surface area contributed by atoms with Gasteiger partial charge in [0.1, 0.15) is 6.61 Å². The lowest BCUT2D eigenvalue weighted by Gasteiger charge is -2.15. The quantitative estimate of drug-likeness (QED) is 0.276. The molecule has 0 fully saturated rings. The Balaban J connectivity index is 3.04. The van der Waals surface area contributed by atoms with E-state index in [1.807, 2.05) is 39.1 Å². The van der Waals surface area contributed by atoms with Gasteiger partial charge in [0.2, 0.25) is 0 Å². The molecule has 0 amide bonds. The fourth-order valence-electron chi connectivity index (χ4n) is 2.70. The van der Waals surface area contributed by atoms with Gasteiger partial charge in [-0.2, -0.15) is 13.2 Å². The smallest absolute Gasteiger partial charge is 0.391 e. The van der Waals surface area contributed by atoms with E-state index < -0.39 is 17.7 Å². The Bertz CT molecular complexity index is 734. The molecule has 1 N–H and O–H groups in total. The van der Waals surface area contributed by atoms with E-state index in [2.05, 4.69) is 17.1 Å². The van der Waals surface area contributed by atoms with Crippen molar-refractivity contribution in [2.75, 3.05) is 12.4 Å². The molecule has 0 heterocycles. The van der Waals surface area contributed by atoms with Gasteiger partial charge in [0.25, 0.3) is 0 Å². The number of hydrogen-bond donors (Lipinski definition) is 1. The van der Waals surface area contributed by atoms with E-state index in [-0.39, 0.29) is 6.61 Å². The van der Waals surface area contributed by atoms with Crippen LogP contribution in [0.5, 0.6) is 0 Å². The molecule has 1 aromatic carbocycles. The normalized spacial score (nSPS) is 14.2. The molecule has 0 aliphatic rings. The highest BCUT2D eigenvalue weighted by Gasteiger charge is 2.32. The van der Waals surface area contributed by atoms with Gasteiger partial charge in [-0.05, 0) is 25.0 Å². The third-order valence-corrected chi connectivity index (χ3v) is 4.27. The second-order valence-electron chi connectivity index (χ2n) is 6.46. The van der Waals surface area contributed by atoms with Gasteiger partial charge in [0.05, 0.1) is 11.3 Å². The van der Waals surface area contributed by atoms with Gasteiger partial charge in [-0.3, -0.25) is 0 Å². The summed E-state index contributed by atoms with van der Waals surface area (Å²) in [6.07, 6.45) is 1.66. The predicted molar refractivity (Wildman–Crippen MR) is 110 cm³/mol. The highest BCUT2D eigenvalue weighted by molar-refractivity contribution is 5.87. The van der Waals surface area contributed by atoms with Crippen molar-refractivity contribution in [1.29, 1.82) is 0 Å². The summed E-state index contributed by atoms with van der Waals surface area (Å²) in [7, 11) is 1.83. The molecular weight excluding hydrogens is 365 g/mol. The van der Waals surface area contributed by atoms with Gasteiger partial charge in [-0.1, -0.05) is 68.4 Å². The standard InChI is InChI=1S/C22H29F3N2O/c1-6-8-12-18(22(23,24)25)14-17(4)20(10-7-2)27-28-15-19-16(3)11-9-13-21(19)26-5/h6,8-9,11-14,17,26H,1,7,10,15H2,2-5H3/b12-8-,18-14+,27-20?. The molecule has 1 rings (SSSR count). The van der Waals surface area contributed by atoms with Crippen LogP contribution in [0.15, 0.2) is 59.8 Å². The summed E-state index contributed by atoms with van der Waals surface area (Å²) in [4.78, 5) is 5.53. The van der Waals surface area contributed by atoms with Crippen molar-refractivity contribution in [2.24, 2.45) is 11.1 Å². The van der Waals surface area contributed by atoms with Crippen LogP contribution in [-0.4, -0.2) is 18.9 Å². The van der Waals surface area contributed by atoms with Gasteiger partial charge >= 0.3 is 6.18 Å². The highest BCUT2D eigenvalue weighted by Crippen LogP contribution is 2.28. The molecule has 0 spiro atoms. The van der Waals surface area contributed by atoms with Gasteiger partial charge in [-0.25, -0.2) is 0 Å². The van der Waals surface area contributed by atoms with Crippen molar-refractivity contribution in [3.05, 3.63) is 65.8 Å². The third kappa shape index (κ3) is 7.25. The van der Waals surface area contributed by atoms with Crippen LogP contribution in [0.2, 0.25) is 0 Å². The molecule has 0 radical (unpaired) electrons. The molecule has 0 saturated heterocycles. The predicted octanol–water partition coefficient (Wildman–Crippen LogP) is 6.58. The molecule has 0 saturated carbocycles. The Morgan fingerprint density at radius 2 is 2.07 bits per heavy atom. The SMILES string of the molecule is C=C/C=C\C(=C/C(C)C(CCC)=NOCc1c(C)cccc1NC)C(F)(F)F. The maximum absolute atomic E-state index is 13.2. The number of nitrogens with one attached hydrogen (secondary N) is 1. The summed E-state index contributed by atoms with van der Waals surface area (Å²) < 4.78 is 39.7. The minimum absolute atomic E-state index is 0.245. The molecule has 1 atom stereocenters. The van der Waals surface area contributed by atoms with E-state index in [1.165, 1.54) is 18.2 Å². The molecule has 6 heteroatoms. The van der Waals surface area contributed by atoms with E-state index >= 15 is 0 Å². The first-order valence-electron chi connectivity index (χ1n) is 9.27. The number of alkyl halides is 3. The third-order valence-electron chi connectivity index (χ3n) is 4.27. The van der Waals surface area contributed by atoms with Crippen LogP contribution in [0.3, 0.4) is 0 Å². The topological polar surface area (TPSA) is 33.6 Å². The van der Waals surface area contributed by atoms with Gasteiger partial charge in [0, 0.05) is 24.2 Å². The molecule has 0 aromatic heterocycles. The van der Waals surface area contributed by atoms with Crippen molar-refractivity contribution < 1.29 is 18.0 Å². The maximum Gasteiger partial charge on any atom is 0.416 e. The number of oxime groups is 1. The van der Waals surface area contributed by atoms with Crippen LogP contribution < -0.4 is 5.32 Å². The number of hydrogen-bond acceptors (Lipinski definition) is 3. The maximum atomic E-state index is 13.2. The first-order chi connectivity index (χ1) is 13.2. The number of rotatable bonds is 10. The Morgan fingerprint density at radius 1 is 1.36 bits per heavy atom. The Morgan fingerprint density at radius 3 is 2.64 bits per heavy atom. The lowest BCUT2D eigenvalue weighted by Crippen LogP contribution is -2.15. The molecule has 28 heavy (non-hydrogen) atoms. The molecule has 0 aliphatic carbocycles. The number of aryl methyl sites for hydroxylation is 1. The van der Waals surface area contributed by atoms with Crippen LogP contribution in [0.25, 0.3) is 0 Å². The molecule has 0 aliphatic heterocycles. The first kappa shape index (κ1) is 23.5. The van der Waals surface area contributed by atoms with Crippen molar-refractivity contribution in [3.8, 4) is 0 Å². The molecule has 1 unspecified atom stereocenters. The van der Waals surface area contributed by atoms with E-state index in [9.17, 15) is 13.2 Å². The first-order valence-corrected chi connectivity index (χ1v) is 9.27. The van der Waals surface area contributed by atoms with E-state index in [0.29, 0.717) is 12.1 Å². The number of anilines is 1. The van der Waals surface area contributed by atoms with E-state index in [1.54, 1.807) is 6.92 Å². The molecule has 1 aromatic rings. The van der Waals surface area contributed by atoms with Crippen LogP contribution in [0.4, 0.5) is 18.9 Å². The minimum atomic E-state index is -4.44. The summed E-state index contributed by atoms with van der Waals surface area (Å²) in [6.45, 7) is 9.28. The molecule has 0 bridgehead atoms. The zero-order valence-electron chi connectivity index (χ0n) is 16.9. The fourth-order valence-corrected chi connectivity index (χ4v) is 2.70. The largest absolute Gasteiger partial charge is 0.416 e. The van der Waals surface area contributed by atoms with Crippen molar-refractivity contribution in [3.63, 3.8) is 0 Å².